The second-order valence-corrected chi connectivity index (χ2v) is 5.50. The number of hydrogen-bond acceptors (Lipinski definition) is 2. The van der Waals surface area contributed by atoms with Crippen LogP contribution in [0.3, 0.4) is 0 Å². The fourth-order valence-corrected chi connectivity index (χ4v) is 2.62. The standard InChI is InChI=1S/C14H16F4N2O/c1-8-4-10(19)7-20(6-8)13(21)9-2-3-12(15)11(5-9)14(16,17)18/h2-3,5,8,10H,4,6-7,19H2,1H3. The van der Waals surface area contributed by atoms with Crippen molar-refractivity contribution in [2.45, 2.75) is 25.6 Å². The number of nitrogens with two attached hydrogens (primary N) is 1. The van der Waals surface area contributed by atoms with E-state index in [0.29, 0.717) is 25.2 Å². The van der Waals surface area contributed by atoms with Gasteiger partial charge in [0.25, 0.3) is 5.91 Å². The fraction of sp³-hybridized carbons (Fsp3) is 0.500. The summed E-state index contributed by atoms with van der Waals surface area (Å²) in [7, 11) is 0. The number of halogens is 4. The number of nitrogens with zero attached hydrogens (tertiary/aromatic N) is 1. The molecule has 1 fully saturated rings. The molecule has 1 heterocycles. The second-order valence-electron chi connectivity index (χ2n) is 5.50. The number of carbonyl (C=O) groups excluding carboxylic acids is 1. The summed E-state index contributed by atoms with van der Waals surface area (Å²) in [6.45, 7) is 2.65. The van der Waals surface area contributed by atoms with Gasteiger partial charge in [-0.05, 0) is 30.5 Å². The van der Waals surface area contributed by atoms with Gasteiger partial charge in [0.05, 0.1) is 5.56 Å². The van der Waals surface area contributed by atoms with Crippen LogP contribution in [0.25, 0.3) is 0 Å². The first kappa shape index (κ1) is 15.8. The number of likely N-dealkylation sites (tertiary alicyclic amines) is 1. The number of rotatable bonds is 1. The lowest BCUT2D eigenvalue weighted by atomic mass is 9.96. The number of hydrogen-bond donors (Lipinski definition) is 1. The average Bonchev–Trinajstić information content (AvgIpc) is 2.36. The third kappa shape index (κ3) is 3.53. The van der Waals surface area contributed by atoms with Crippen LogP contribution in [0.5, 0.6) is 0 Å². The van der Waals surface area contributed by atoms with E-state index in [1.54, 1.807) is 0 Å². The maximum atomic E-state index is 13.2. The first-order valence-corrected chi connectivity index (χ1v) is 6.60. The van der Waals surface area contributed by atoms with Crippen molar-refractivity contribution < 1.29 is 22.4 Å². The van der Waals surface area contributed by atoms with E-state index in [-0.39, 0.29) is 17.5 Å². The molecule has 3 nitrogen and oxygen atoms in total. The van der Waals surface area contributed by atoms with Crippen LogP contribution in [0.15, 0.2) is 18.2 Å². The number of amides is 1. The van der Waals surface area contributed by atoms with Gasteiger partial charge in [-0.2, -0.15) is 13.2 Å². The summed E-state index contributed by atoms with van der Waals surface area (Å²) in [5.41, 5.74) is 4.22. The van der Waals surface area contributed by atoms with E-state index in [1.165, 1.54) is 4.90 Å². The van der Waals surface area contributed by atoms with Gasteiger partial charge >= 0.3 is 6.18 Å². The zero-order chi connectivity index (χ0) is 15.8. The van der Waals surface area contributed by atoms with Gasteiger partial charge in [0, 0.05) is 24.7 Å². The molecule has 1 saturated heterocycles. The Morgan fingerprint density at radius 1 is 1.33 bits per heavy atom. The third-order valence-corrected chi connectivity index (χ3v) is 3.50. The van der Waals surface area contributed by atoms with E-state index >= 15 is 0 Å². The highest BCUT2D eigenvalue weighted by molar-refractivity contribution is 5.94. The largest absolute Gasteiger partial charge is 0.419 e. The molecule has 0 bridgehead atoms. The number of alkyl halides is 3. The highest BCUT2D eigenvalue weighted by atomic mass is 19.4. The summed E-state index contributed by atoms with van der Waals surface area (Å²) in [5.74, 6) is -1.76. The lowest BCUT2D eigenvalue weighted by Gasteiger charge is -2.35. The van der Waals surface area contributed by atoms with Gasteiger partial charge in [-0.1, -0.05) is 6.92 Å². The summed E-state index contributed by atoms with van der Waals surface area (Å²) in [5, 5.41) is 0. The predicted molar refractivity (Wildman–Crippen MR) is 69.1 cm³/mol. The fourth-order valence-electron chi connectivity index (χ4n) is 2.62. The molecular formula is C14H16F4N2O. The summed E-state index contributed by atoms with van der Waals surface area (Å²) in [4.78, 5) is 13.7. The first-order valence-electron chi connectivity index (χ1n) is 6.60. The molecule has 0 radical (unpaired) electrons. The number of benzene rings is 1. The van der Waals surface area contributed by atoms with Crippen LogP contribution in [0.1, 0.15) is 29.3 Å². The van der Waals surface area contributed by atoms with E-state index in [2.05, 4.69) is 0 Å². The van der Waals surface area contributed by atoms with Crippen LogP contribution < -0.4 is 5.73 Å². The van der Waals surface area contributed by atoms with Gasteiger partial charge < -0.3 is 10.6 Å². The van der Waals surface area contributed by atoms with Crippen LogP contribution in [0.4, 0.5) is 17.6 Å². The minimum absolute atomic E-state index is 0.176. The van der Waals surface area contributed by atoms with Gasteiger partial charge in [0.15, 0.2) is 0 Å². The Labute approximate surface area is 119 Å². The zero-order valence-corrected chi connectivity index (χ0v) is 11.5. The summed E-state index contributed by atoms with van der Waals surface area (Å²) < 4.78 is 51.3. The monoisotopic (exact) mass is 304 g/mol. The molecule has 1 aromatic rings. The van der Waals surface area contributed by atoms with E-state index in [1.807, 2.05) is 6.92 Å². The van der Waals surface area contributed by atoms with Crippen LogP contribution in [-0.2, 0) is 6.18 Å². The van der Waals surface area contributed by atoms with E-state index < -0.39 is 23.5 Å². The van der Waals surface area contributed by atoms with Gasteiger partial charge in [-0.3, -0.25) is 4.79 Å². The molecule has 2 atom stereocenters. The van der Waals surface area contributed by atoms with Crippen molar-refractivity contribution >= 4 is 5.91 Å². The van der Waals surface area contributed by atoms with Crippen molar-refractivity contribution in [2.24, 2.45) is 11.7 Å². The van der Waals surface area contributed by atoms with Crippen LogP contribution in [0, 0.1) is 11.7 Å². The summed E-state index contributed by atoms with van der Waals surface area (Å²) in [6, 6.07) is 2.10. The maximum absolute atomic E-state index is 13.2. The molecular weight excluding hydrogens is 288 g/mol. The van der Waals surface area contributed by atoms with Crippen LogP contribution in [-0.4, -0.2) is 29.9 Å². The second kappa shape index (κ2) is 5.63. The smallest absolute Gasteiger partial charge is 0.337 e. The van der Waals surface area contributed by atoms with Crippen molar-refractivity contribution in [1.29, 1.82) is 0 Å². The predicted octanol–water partition coefficient (Wildman–Crippen LogP) is 2.65. The molecule has 2 rings (SSSR count). The topological polar surface area (TPSA) is 46.3 Å². The molecule has 21 heavy (non-hydrogen) atoms. The quantitative estimate of drug-likeness (QED) is 0.811. The molecule has 0 saturated carbocycles. The van der Waals surface area contributed by atoms with Gasteiger partial charge in [-0.15, -0.1) is 0 Å². The minimum Gasteiger partial charge on any atom is -0.337 e. The van der Waals surface area contributed by atoms with E-state index in [9.17, 15) is 22.4 Å². The van der Waals surface area contributed by atoms with Gasteiger partial charge in [0.1, 0.15) is 5.82 Å². The maximum Gasteiger partial charge on any atom is 0.419 e. The van der Waals surface area contributed by atoms with E-state index in [4.69, 9.17) is 5.73 Å². The lowest BCUT2D eigenvalue weighted by Crippen LogP contribution is -2.48. The van der Waals surface area contributed by atoms with Crippen molar-refractivity contribution in [3.8, 4) is 0 Å². The average molecular weight is 304 g/mol. The number of carbonyl (C=O) groups is 1. The van der Waals surface area contributed by atoms with Crippen LogP contribution >= 0.6 is 0 Å². The highest BCUT2D eigenvalue weighted by Gasteiger charge is 2.35. The highest BCUT2D eigenvalue weighted by Crippen LogP contribution is 2.32. The van der Waals surface area contributed by atoms with E-state index in [0.717, 1.165) is 12.5 Å². The van der Waals surface area contributed by atoms with Gasteiger partial charge in [0.2, 0.25) is 0 Å². The molecule has 7 heteroatoms. The molecule has 0 aromatic heterocycles. The molecule has 2 unspecified atom stereocenters. The first-order chi connectivity index (χ1) is 9.68. The normalized spacial score (nSPS) is 23.2. The van der Waals surface area contributed by atoms with Gasteiger partial charge in [-0.25, -0.2) is 4.39 Å². The third-order valence-electron chi connectivity index (χ3n) is 3.50. The molecule has 116 valence electrons. The molecule has 1 aliphatic rings. The Hall–Kier alpha value is -1.63. The molecule has 2 N–H and O–H groups in total. The summed E-state index contributed by atoms with van der Waals surface area (Å²) in [6.07, 6.45) is -4.06. The molecule has 0 aliphatic carbocycles. The van der Waals surface area contributed by atoms with Crippen molar-refractivity contribution in [3.63, 3.8) is 0 Å². The Bertz CT molecular complexity index is 534. The Balaban J connectivity index is 2.27. The summed E-state index contributed by atoms with van der Waals surface area (Å²) >= 11 is 0. The van der Waals surface area contributed by atoms with Crippen molar-refractivity contribution in [1.82, 2.24) is 4.90 Å². The number of piperidine rings is 1. The molecule has 0 spiro atoms. The van der Waals surface area contributed by atoms with Crippen LogP contribution in [0.2, 0.25) is 0 Å². The minimum atomic E-state index is -4.83. The molecule has 1 aromatic carbocycles. The zero-order valence-electron chi connectivity index (χ0n) is 11.5. The Morgan fingerprint density at radius 3 is 2.57 bits per heavy atom. The SMILES string of the molecule is CC1CC(N)CN(C(=O)c2ccc(F)c(C(F)(F)F)c2)C1. The molecule has 1 aliphatic heterocycles. The molecule has 1 amide bonds. The Kier molecular flexibility index (Phi) is 4.22. The lowest BCUT2D eigenvalue weighted by molar-refractivity contribution is -0.140. The van der Waals surface area contributed by atoms with Crippen molar-refractivity contribution in [2.75, 3.05) is 13.1 Å². The van der Waals surface area contributed by atoms with Crippen molar-refractivity contribution in [3.05, 3.63) is 35.1 Å². The Morgan fingerprint density at radius 2 is 2.00 bits per heavy atom.